The molecular formula is C18H17N3O2. The topological polar surface area (TPSA) is 63.2 Å². The molecule has 0 fully saturated rings. The number of benzene rings is 2. The van der Waals surface area contributed by atoms with Crippen LogP contribution in [0.15, 0.2) is 60.9 Å². The van der Waals surface area contributed by atoms with Crippen LogP contribution in [-0.4, -0.2) is 18.1 Å². The van der Waals surface area contributed by atoms with Gasteiger partial charge in [0.2, 0.25) is 0 Å². The summed E-state index contributed by atoms with van der Waals surface area (Å²) in [4.78, 5) is 15.8. The van der Waals surface area contributed by atoms with E-state index < -0.39 is 0 Å². The predicted molar refractivity (Wildman–Crippen MR) is 90.6 cm³/mol. The van der Waals surface area contributed by atoms with Gasteiger partial charge in [-0.25, -0.2) is 4.79 Å². The third kappa shape index (κ3) is 3.77. The average molecular weight is 307 g/mol. The molecule has 2 N–H and O–H groups in total. The largest absolute Gasteiger partial charge is 0.497 e. The van der Waals surface area contributed by atoms with Crippen LogP contribution in [0.4, 0.5) is 10.5 Å². The molecule has 0 radical (unpaired) electrons. The minimum atomic E-state index is -0.257. The number of urea groups is 1. The lowest BCUT2D eigenvalue weighted by molar-refractivity contribution is 0.251. The fourth-order valence-electron chi connectivity index (χ4n) is 2.30. The number of hydrogen-bond acceptors (Lipinski definition) is 3. The van der Waals surface area contributed by atoms with Gasteiger partial charge in [-0.1, -0.05) is 18.2 Å². The second-order valence-electron chi connectivity index (χ2n) is 5.10. The maximum Gasteiger partial charge on any atom is 0.319 e. The lowest BCUT2D eigenvalue weighted by Crippen LogP contribution is -2.28. The molecule has 2 aromatic carbocycles. The molecule has 1 aromatic heterocycles. The van der Waals surface area contributed by atoms with Crippen molar-refractivity contribution in [3.05, 3.63) is 66.5 Å². The zero-order chi connectivity index (χ0) is 16.1. The van der Waals surface area contributed by atoms with Gasteiger partial charge in [-0.05, 0) is 46.7 Å². The number of carbonyl (C=O) groups excluding carboxylic acids is 1. The zero-order valence-corrected chi connectivity index (χ0v) is 12.7. The Kier molecular flexibility index (Phi) is 4.38. The highest BCUT2D eigenvalue weighted by molar-refractivity contribution is 5.89. The van der Waals surface area contributed by atoms with Crippen LogP contribution in [0.2, 0.25) is 0 Å². The van der Waals surface area contributed by atoms with Crippen LogP contribution in [-0.2, 0) is 6.54 Å². The standard InChI is InChI=1S/C18H17N3O2/c1-23-17-7-6-14-9-13(4-5-15(14)10-17)11-20-18(22)21-16-3-2-8-19-12-16/h2-10,12H,11H2,1H3,(H2,20,21,22). The molecule has 116 valence electrons. The van der Waals surface area contributed by atoms with E-state index in [1.807, 2.05) is 30.3 Å². The Morgan fingerprint density at radius 3 is 2.74 bits per heavy atom. The number of anilines is 1. The second-order valence-corrected chi connectivity index (χ2v) is 5.10. The maximum absolute atomic E-state index is 11.9. The number of ether oxygens (including phenoxy) is 1. The average Bonchev–Trinajstić information content (AvgIpc) is 2.60. The summed E-state index contributed by atoms with van der Waals surface area (Å²) in [7, 11) is 1.65. The fourth-order valence-corrected chi connectivity index (χ4v) is 2.30. The van der Waals surface area contributed by atoms with Crippen LogP contribution in [0.3, 0.4) is 0 Å². The zero-order valence-electron chi connectivity index (χ0n) is 12.7. The van der Waals surface area contributed by atoms with Crippen molar-refractivity contribution >= 4 is 22.5 Å². The van der Waals surface area contributed by atoms with Crippen molar-refractivity contribution in [1.82, 2.24) is 10.3 Å². The molecule has 0 aliphatic heterocycles. The number of rotatable bonds is 4. The summed E-state index contributed by atoms with van der Waals surface area (Å²) >= 11 is 0. The summed E-state index contributed by atoms with van der Waals surface area (Å²) in [5.74, 6) is 0.833. The maximum atomic E-state index is 11.9. The molecule has 0 bridgehead atoms. The summed E-state index contributed by atoms with van der Waals surface area (Å²) in [6.07, 6.45) is 3.26. The molecule has 0 aliphatic carbocycles. The number of fused-ring (bicyclic) bond motifs is 1. The van der Waals surface area contributed by atoms with Crippen LogP contribution in [0, 0.1) is 0 Å². The SMILES string of the molecule is COc1ccc2cc(CNC(=O)Nc3cccnc3)ccc2c1. The van der Waals surface area contributed by atoms with Gasteiger partial charge in [0, 0.05) is 12.7 Å². The van der Waals surface area contributed by atoms with Crippen molar-refractivity contribution in [3.63, 3.8) is 0 Å². The predicted octanol–water partition coefficient (Wildman–Crippen LogP) is 3.57. The molecule has 0 saturated heterocycles. The molecule has 0 atom stereocenters. The van der Waals surface area contributed by atoms with Crippen molar-refractivity contribution in [2.24, 2.45) is 0 Å². The number of amides is 2. The molecule has 0 unspecified atom stereocenters. The van der Waals surface area contributed by atoms with Crippen LogP contribution < -0.4 is 15.4 Å². The number of hydrogen-bond donors (Lipinski definition) is 2. The smallest absolute Gasteiger partial charge is 0.319 e. The van der Waals surface area contributed by atoms with Gasteiger partial charge in [-0.3, -0.25) is 4.98 Å². The minimum Gasteiger partial charge on any atom is -0.497 e. The van der Waals surface area contributed by atoms with Crippen LogP contribution in [0.5, 0.6) is 5.75 Å². The first-order valence-electron chi connectivity index (χ1n) is 7.26. The molecule has 5 heteroatoms. The normalized spacial score (nSPS) is 10.3. The van der Waals surface area contributed by atoms with E-state index in [1.54, 1.807) is 31.6 Å². The summed E-state index contributed by atoms with van der Waals surface area (Å²) < 4.78 is 5.22. The van der Waals surface area contributed by atoms with Gasteiger partial charge in [-0.2, -0.15) is 0 Å². The van der Waals surface area contributed by atoms with Crippen molar-refractivity contribution in [1.29, 1.82) is 0 Å². The Morgan fingerprint density at radius 2 is 1.96 bits per heavy atom. The molecule has 1 heterocycles. The molecule has 2 amide bonds. The Morgan fingerprint density at radius 1 is 1.13 bits per heavy atom. The van der Waals surface area contributed by atoms with Crippen molar-refractivity contribution in [3.8, 4) is 5.75 Å². The summed E-state index contributed by atoms with van der Waals surface area (Å²) in [6, 6.07) is 15.3. The van der Waals surface area contributed by atoms with Gasteiger partial charge in [0.05, 0.1) is 19.0 Å². The number of nitrogens with one attached hydrogen (secondary N) is 2. The highest BCUT2D eigenvalue weighted by Gasteiger charge is 2.03. The van der Waals surface area contributed by atoms with E-state index in [9.17, 15) is 4.79 Å². The third-order valence-corrected chi connectivity index (χ3v) is 3.48. The Bertz CT molecular complexity index is 819. The van der Waals surface area contributed by atoms with E-state index in [1.165, 1.54) is 0 Å². The van der Waals surface area contributed by atoms with Gasteiger partial charge in [-0.15, -0.1) is 0 Å². The monoisotopic (exact) mass is 307 g/mol. The first-order valence-corrected chi connectivity index (χ1v) is 7.26. The number of pyridine rings is 1. The first kappa shape index (κ1) is 14.8. The molecule has 0 saturated carbocycles. The van der Waals surface area contributed by atoms with E-state index in [-0.39, 0.29) is 6.03 Å². The second kappa shape index (κ2) is 6.79. The molecule has 0 aliphatic rings. The van der Waals surface area contributed by atoms with Gasteiger partial charge in [0.1, 0.15) is 5.75 Å². The number of aromatic nitrogens is 1. The molecule has 0 spiro atoms. The van der Waals surface area contributed by atoms with Gasteiger partial charge >= 0.3 is 6.03 Å². The first-order chi connectivity index (χ1) is 11.2. The van der Waals surface area contributed by atoms with E-state index in [2.05, 4.69) is 21.7 Å². The number of carbonyl (C=O) groups is 1. The van der Waals surface area contributed by atoms with Gasteiger partial charge in [0.15, 0.2) is 0 Å². The third-order valence-electron chi connectivity index (χ3n) is 3.48. The lowest BCUT2D eigenvalue weighted by Gasteiger charge is -2.08. The van der Waals surface area contributed by atoms with E-state index in [0.29, 0.717) is 12.2 Å². The highest BCUT2D eigenvalue weighted by atomic mass is 16.5. The molecule has 3 rings (SSSR count). The molecule has 3 aromatic rings. The van der Waals surface area contributed by atoms with Gasteiger partial charge in [0.25, 0.3) is 0 Å². The Labute approximate surface area is 134 Å². The Balaban J connectivity index is 1.64. The number of nitrogens with zero attached hydrogens (tertiary/aromatic N) is 1. The van der Waals surface area contributed by atoms with E-state index >= 15 is 0 Å². The van der Waals surface area contributed by atoms with Crippen molar-refractivity contribution < 1.29 is 9.53 Å². The van der Waals surface area contributed by atoms with Crippen LogP contribution >= 0.6 is 0 Å². The lowest BCUT2D eigenvalue weighted by atomic mass is 10.1. The minimum absolute atomic E-state index is 0.257. The Hall–Kier alpha value is -3.08. The van der Waals surface area contributed by atoms with Crippen molar-refractivity contribution in [2.45, 2.75) is 6.54 Å². The number of methoxy groups -OCH3 is 1. The van der Waals surface area contributed by atoms with Gasteiger partial charge < -0.3 is 15.4 Å². The summed E-state index contributed by atoms with van der Waals surface area (Å²) in [5, 5.41) is 7.78. The van der Waals surface area contributed by atoms with Crippen molar-refractivity contribution in [2.75, 3.05) is 12.4 Å². The molecule has 5 nitrogen and oxygen atoms in total. The molecule has 23 heavy (non-hydrogen) atoms. The fraction of sp³-hybridized carbons (Fsp3) is 0.111. The molecular weight excluding hydrogens is 290 g/mol. The summed E-state index contributed by atoms with van der Waals surface area (Å²) in [6.45, 7) is 0.452. The highest BCUT2D eigenvalue weighted by Crippen LogP contribution is 2.21. The van der Waals surface area contributed by atoms with E-state index in [4.69, 9.17) is 4.74 Å². The van der Waals surface area contributed by atoms with Crippen LogP contribution in [0.1, 0.15) is 5.56 Å². The van der Waals surface area contributed by atoms with E-state index in [0.717, 1.165) is 22.1 Å². The quantitative estimate of drug-likeness (QED) is 0.774. The summed E-state index contributed by atoms with van der Waals surface area (Å²) in [5.41, 5.74) is 1.69. The van der Waals surface area contributed by atoms with Crippen LogP contribution in [0.25, 0.3) is 10.8 Å².